The van der Waals surface area contributed by atoms with Crippen molar-refractivity contribution in [3.63, 3.8) is 0 Å². The number of anilines is 1. The Kier molecular flexibility index (Phi) is 5.24. The van der Waals surface area contributed by atoms with E-state index in [-0.39, 0.29) is 5.41 Å². The standard InChI is InChI=1S/C18H30N6O/c1-18(2,3)17-21-15(14-11-20-23(4)16(14)22-17)19-10-13(25)12-24-8-6-5-7-9-24/h11,13,25H,5-10,12H2,1-4H3,(H,19,21,22). The number of fused-ring (bicyclic) bond motifs is 1. The summed E-state index contributed by atoms with van der Waals surface area (Å²) >= 11 is 0. The highest BCUT2D eigenvalue weighted by Gasteiger charge is 2.22. The fraction of sp³-hybridized carbons (Fsp3) is 0.722. The van der Waals surface area contributed by atoms with E-state index >= 15 is 0 Å². The van der Waals surface area contributed by atoms with Gasteiger partial charge in [-0.1, -0.05) is 27.2 Å². The number of likely N-dealkylation sites (tertiary alicyclic amines) is 1. The van der Waals surface area contributed by atoms with Crippen LogP contribution < -0.4 is 5.32 Å². The zero-order chi connectivity index (χ0) is 18.0. The lowest BCUT2D eigenvalue weighted by atomic mass is 9.95. The van der Waals surface area contributed by atoms with E-state index in [0.29, 0.717) is 13.1 Å². The number of β-amino-alcohol motifs (C(OH)–C–C–N with tert-alkyl or cyclic N) is 1. The smallest absolute Gasteiger partial charge is 0.163 e. The van der Waals surface area contributed by atoms with Crippen molar-refractivity contribution < 1.29 is 5.11 Å². The molecule has 1 atom stereocenters. The average Bonchev–Trinajstić information content (AvgIpc) is 2.94. The van der Waals surface area contributed by atoms with E-state index in [0.717, 1.165) is 35.8 Å². The van der Waals surface area contributed by atoms with Crippen molar-refractivity contribution in [1.82, 2.24) is 24.6 Å². The molecule has 0 aliphatic carbocycles. The minimum Gasteiger partial charge on any atom is -0.390 e. The maximum Gasteiger partial charge on any atom is 0.163 e. The van der Waals surface area contributed by atoms with Crippen LogP contribution in [0.3, 0.4) is 0 Å². The molecule has 0 amide bonds. The largest absolute Gasteiger partial charge is 0.390 e. The van der Waals surface area contributed by atoms with E-state index in [9.17, 15) is 5.11 Å². The molecule has 0 spiro atoms. The lowest BCUT2D eigenvalue weighted by molar-refractivity contribution is 0.109. The summed E-state index contributed by atoms with van der Waals surface area (Å²) in [6.07, 6.45) is 5.13. The topological polar surface area (TPSA) is 79.1 Å². The van der Waals surface area contributed by atoms with Gasteiger partial charge in [-0.05, 0) is 25.9 Å². The predicted octanol–water partition coefficient (Wildman–Crippen LogP) is 1.92. The fourth-order valence-electron chi connectivity index (χ4n) is 3.21. The Bertz CT molecular complexity index is 714. The molecular weight excluding hydrogens is 316 g/mol. The second-order valence-electron chi connectivity index (χ2n) is 8.05. The number of piperidine rings is 1. The van der Waals surface area contributed by atoms with Crippen LogP contribution in [0, 0.1) is 0 Å². The Hall–Kier alpha value is -1.73. The first-order valence-corrected chi connectivity index (χ1v) is 9.19. The number of aliphatic hydroxyl groups is 1. The maximum atomic E-state index is 10.4. The second kappa shape index (κ2) is 7.25. The van der Waals surface area contributed by atoms with Crippen molar-refractivity contribution in [3.05, 3.63) is 12.0 Å². The van der Waals surface area contributed by atoms with Crippen molar-refractivity contribution >= 4 is 16.9 Å². The van der Waals surface area contributed by atoms with E-state index in [1.165, 1.54) is 19.3 Å². The number of rotatable bonds is 5. The molecule has 7 nitrogen and oxygen atoms in total. The first kappa shape index (κ1) is 18.1. The third kappa shape index (κ3) is 4.27. The van der Waals surface area contributed by atoms with Crippen LogP contribution in [0.25, 0.3) is 11.0 Å². The zero-order valence-corrected chi connectivity index (χ0v) is 15.8. The summed E-state index contributed by atoms with van der Waals surface area (Å²) in [6.45, 7) is 9.65. The van der Waals surface area contributed by atoms with Gasteiger partial charge in [-0.25, -0.2) is 9.97 Å². The van der Waals surface area contributed by atoms with Crippen molar-refractivity contribution in [2.75, 3.05) is 31.5 Å². The molecule has 0 radical (unpaired) electrons. The molecule has 1 aliphatic heterocycles. The van der Waals surface area contributed by atoms with Crippen LogP contribution in [0.2, 0.25) is 0 Å². The molecule has 2 aromatic rings. The summed E-state index contributed by atoms with van der Waals surface area (Å²) < 4.78 is 1.77. The van der Waals surface area contributed by atoms with Crippen LogP contribution in [-0.2, 0) is 12.5 Å². The van der Waals surface area contributed by atoms with Gasteiger partial charge in [0.25, 0.3) is 0 Å². The number of hydrogen-bond acceptors (Lipinski definition) is 6. The fourth-order valence-corrected chi connectivity index (χ4v) is 3.21. The maximum absolute atomic E-state index is 10.4. The summed E-state index contributed by atoms with van der Waals surface area (Å²) in [6, 6.07) is 0. The van der Waals surface area contributed by atoms with Crippen LogP contribution in [0.1, 0.15) is 45.9 Å². The number of nitrogens with one attached hydrogen (secondary N) is 1. The molecule has 2 aromatic heterocycles. The lowest BCUT2D eigenvalue weighted by Gasteiger charge is -2.28. The Morgan fingerprint density at radius 1 is 1.20 bits per heavy atom. The summed E-state index contributed by atoms with van der Waals surface area (Å²) in [5, 5.41) is 18.9. The van der Waals surface area contributed by atoms with E-state index in [2.05, 4.69) is 41.1 Å². The van der Waals surface area contributed by atoms with Crippen LogP contribution >= 0.6 is 0 Å². The Labute approximate surface area is 149 Å². The minimum absolute atomic E-state index is 0.151. The highest BCUT2D eigenvalue weighted by atomic mass is 16.3. The van der Waals surface area contributed by atoms with E-state index in [4.69, 9.17) is 4.98 Å². The van der Waals surface area contributed by atoms with Gasteiger partial charge >= 0.3 is 0 Å². The zero-order valence-electron chi connectivity index (χ0n) is 15.8. The summed E-state index contributed by atoms with van der Waals surface area (Å²) in [7, 11) is 1.89. The molecule has 2 N–H and O–H groups in total. The quantitative estimate of drug-likeness (QED) is 0.861. The van der Waals surface area contributed by atoms with E-state index in [1.807, 2.05) is 7.05 Å². The van der Waals surface area contributed by atoms with Gasteiger partial charge in [0.05, 0.1) is 17.7 Å². The molecule has 7 heteroatoms. The van der Waals surface area contributed by atoms with Crippen LogP contribution in [0.4, 0.5) is 5.82 Å². The monoisotopic (exact) mass is 346 g/mol. The number of hydrogen-bond donors (Lipinski definition) is 2. The summed E-state index contributed by atoms with van der Waals surface area (Å²) in [5.74, 6) is 1.53. The van der Waals surface area contributed by atoms with Crippen molar-refractivity contribution in [2.24, 2.45) is 7.05 Å². The molecule has 1 fully saturated rings. The highest BCUT2D eigenvalue weighted by Crippen LogP contribution is 2.25. The van der Waals surface area contributed by atoms with Gasteiger partial charge in [0.2, 0.25) is 0 Å². The normalized spacial score (nSPS) is 17.8. The predicted molar refractivity (Wildman–Crippen MR) is 99.8 cm³/mol. The van der Waals surface area contributed by atoms with Gasteiger partial charge < -0.3 is 15.3 Å². The highest BCUT2D eigenvalue weighted by molar-refractivity contribution is 5.86. The molecule has 138 valence electrons. The van der Waals surface area contributed by atoms with Gasteiger partial charge in [-0.15, -0.1) is 0 Å². The van der Waals surface area contributed by atoms with Crippen LogP contribution in [-0.4, -0.2) is 62.0 Å². The molecule has 3 rings (SSSR count). The van der Waals surface area contributed by atoms with Gasteiger partial charge in [0.1, 0.15) is 11.6 Å². The summed E-state index contributed by atoms with van der Waals surface area (Å²) in [4.78, 5) is 11.7. The molecule has 0 bridgehead atoms. The first-order chi connectivity index (χ1) is 11.8. The van der Waals surface area contributed by atoms with E-state index in [1.54, 1.807) is 10.9 Å². The van der Waals surface area contributed by atoms with Gasteiger partial charge in [-0.2, -0.15) is 5.10 Å². The SMILES string of the molecule is Cn1ncc2c(NCC(O)CN3CCCCC3)nc(C(C)(C)C)nc21. The molecule has 3 heterocycles. The lowest BCUT2D eigenvalue weighted by Crippen LogP contribution is -2.39. The average molecular weight is 346 g/mol. The van der Waals surface area contributed by atoms with Crippen molar-refractivity contribution in [1.29, 1.82) is 0 Å². The van der Waals surface area contributed by atoms with Gasteiger partial charge in [-0.3, -0.25) is 4.68 Å². The number of nitrogens with zero attached hydrogens (tertiary/aromatic N) is 5. The molecular formula is C18H30N6O. The van der Waals surface area contributed by atoms with Crippen molar-refractivity contribution in [3.8, 4) is 0 Å². The molecule has 1 saturated heterocycles. The summed E-state index contributed by atoms with van der Waals surface area (Å²) in [5.41, 5.74) is 0.661. The Morgan fingerprint density at radius 2 is 1.92 bits per heavy atom. The molecule has 1 aliphatic rings. The Morgan fingerprint density at radius 3 is 2.60 bits per heavy atom. The number of aliphatic hydroxyl groups excluding tert-OH is 1. The minimum atomic E-state index is -0.419. The third-order valence-electron chi connectivity index (χ3n) is 4.69. The van der Waals surface area contributed by atoms with Gasteiger partial charge in [0, 0.05) is 25.6 Å². The first-order valence-electron chi connectivity index (χ1n) is 9.19. The molecule has 0 saturated carbocycles. The van der Waals surface area contributed by atoms with Crippen LogP contribution in [0.15, 0.2) is 6.20 Å². The van der Waals surface area contributed by atoms with Gasteiger partial charge in [0.15, 0.2) is 5.65 Å². The Balaban J connectivity index is 1.73. The van der Waals surface area contributed by atoms with Crippen LogP contribution in [0.5, 0.6) is 0 Å². The van der Waals surface area contributed by atoms with Crippen molar-refractivity contribution in [2.45, 2.75) is 51.6 Å². The number of aryl methyl sites for hydroxylation is 1. The number of aromatic nitrogens is 4. The molecule has 25 heavy (non-hydrogen) atoms. The molecule has 1 unspecified atom stereocenters. The molecule has 0 aromatic carbocycles. The second-order valence-corrected chi connectivity index (χ2v) is 8.05. The third-order valence-corrected chi connectivity index (χ3v) is 4.69. The van der Waals surface area contributed by atoms with E-state index < -0.39 is 6.10 Å².